The highest BCUT2D eigenvalue weighted by atomic mass is 16.5. The number of rotatable bonds is 16. The van der Waals surface area contributed by atoms with Gasteiger partial charge >= 0.3 is 5.97 Å². The van der Waals surface area contributed by atoms with E-state index in [1.54, 1.807) is 0 Å². The van der Waals surface area contributed by atoms with Gasteiger partial charge in [-0.2, -0.15) is 0 Å². The van der Waals surface area contributed by atoms with E-state index >= 15 is 0 Å². The lowest BCUT2D eigenvalue weighted by atomic mass is 9.98. The molecule has 1 aromatic heterocycles. The van der Waals surface area contributed by atoms with E-state index in [9.17, 15) is 4.79 Å². The molecule has 0 saturated heterocycles. The highest BCUT2D eigenvalue weighted by Crippen LogP contribution is 2.24. The molecule has 0 aliphatic heterocycles. The van der Waals surface area contributed by atoms with Crippen LogP contribution in [0.4, 0.5) is 0 Å². The van der Waals surface area contributed by atoms with E-state index in [-0.39, 0.29) is 5.97 Å². The highest BCUT2D eigenvalue weighted by Gasteiger charge is 2.08. The van der Waals surface area contributed by atoms with Crippen molar-refractivity contribution in [2.24, 2.45) is 5.92 Å². The summed E-state index contributed by atoms with van der Waals surface area (Å²) < 4.78 is 5.52. The molecule has 2 aromatic carbocycles. The van der Waals surface area contributed by atoms with E-state index in [0.29, 0.717) is 12.2 Å². The molecule has 0 radical (unpaired) electrons. The van der Waals surface area contributed by atoms with Gasteiger partial charge in [-0.05, 0) is 48.4 Å². The lowest BCUT2D eigenvalue weighted by molar-refractivity contribution is -0.134. The summed E-state index contributed by atoms with van der Waals surface area (Å²) in [4.78, 5) is 21.4. The Morgan fingerprint density at radius 3 is 2.08 bits per heavy atom. The second kappa shape index (κ2) is 16.0. The Labute approximate surface area is 223 Å². The Kier molecular flexibility index (Phi) is 12.3. The van der Waals surface area contributed by atoms with Gasteiger partial charge in [-0.15, -0.1) is 0 Å². The molecule has 1 heterocycles. The lowest BCUT2D eigenvalue weighted by Crippen LogP contribution is -2.07. The molecule has 3 rings (SSSR count). The van der Waals surface area contributed by atoms with Crippen LogP contribution in [0.3, 0.4) is 0 Å². The molecule has 0 spiro atoms. The summed E-state index contributed by atoms with van der Waals surface area (Å²) in [7, 11) is 0. The molecular formula is C33H44N2O2. The van der Waals surface area contributed by atoms with Crippen LogP contribution in [0.15, 0.2) is 60.9 Å². The molecule has 4 nitrogen and oxygen atoms in total. The van der Waals surface area contributed by atoms with E-state index in [4.69, 9.17) is 4.74 Å². The fourth-order valence-electron chi connectivity index (χ4n) is 4.68. The first-order chi connectivity index (χ1) is 18.1. The molecule has 1 unspecified atom stereocenters. The monoisotopic (exact) mass is 500 g/mol. The third kappa shape index (κ3) is 10.1. The van der Waals surface area contributed by atoms with E-state index in [1.807, 2.05) is 36.7 Å². The Morgan fingerprint density at radius 2 is 1.41 bits per heavy atom. The van der Waals surface area contributed by atoms with Crippen molar-refractivity contribution in [1.82, 2.24) is 9.97 Å². The standard InChI is InChI=1S/C33H44N2O2/c1-4-6-7-10-14-27-16-18-29(19-17-27)33-34-24-30(25-35-33)28-20-22-31(23-21-28)37-32(36)15-11-8-9-13-26(3)12-5-2/h16-26H,4-15H2,1-3H3. The fourth-order valence-corrected chi connectivity index (χ4v) is 4.68. The summed E-state index contributed by atoms with van der Waals surface area (Å²) >= 11 is 0. The van der Waals surface area contributed by atoms with Gasteiger partial charge in [-0.1, -0.05) is 109 Å². The summed E-state index contributed by atoms with van der Waals surface area (Å²) in [5.41, 5.74) is 4.33. The van der Waals surface area contributed by atoms with Crippen LogP contribution < -0.4 is 4.74 Å². The van der Waals surface area contributed by atoms with Crippen LogP contribution in [0.25, 0.3) is 22.5 Å². The van der Waals surface area contributed by atoms with Gasteiger partial charge in [0.1, 0.15) is 5.75 Å². The number of hydrogen-bond donors (Lipinski definition) is 0. The minimum atomic E-state index is -0.158. The van der Waals surface area contributed by atoms with Crippen LogP contribution >= 0.6 is 0 Å². The molecule has 3 aromatic rings. The molecule has 0 N–H and O–H groups in total. The van der Waals surface area contributed by atoms with Crippen molar-refractivity contribution < 1.29 is 9.53 Å². The van der Waals surface area contributed by atoms with Crippen molar-refractivity contribution in [3.63, 3.8) is 0 Å². The summed E-state index contributed by atoms with van der Waals surface area (Å²) in [6.07, 6.45) is 17.4. The fraction of sp³-hybridized carbons (Fsp3) is 0.485. The molecule has 4 heteroatoms. The van der Waals surface area contributed by atoms with Gasteiger partial charge in [0.15, 0.2) is 5.82 Å². The average Bonchev–Trinajstić information content (AvgIpc) is 2.92. The van der Waals surface area contributed by atoms with Crippen molar-refractivity contribution in [2.45, 2.75) is 97.8 Å². The first kappa shape index (κ1) is 28.6. The van der Waals surface area contributed by atoms with Crippen molar-refractivity contribution in [2.75, 3.05) is 0 Å². The molecular weight excluding hydrogens is 456 g/mol. The SMILES string of the molecule is CCCCCCc1ccc(-c2ncc(-c3ccc(OC(=O)CCCCCC(C)CCC)cc3)cn2)cc1. The first-order valence-corrected chi connectivity index (χ1v) is 14.3. The zero-order valence-corrected chi connectivity index (χ0v) is 23.0. The number of hydrogen-bond acceptors (Lipinski definition) is 4. The number of esters is 1. The van der Waals surface area contributed by atoms with Crippen molar-refractivity contribution in [3.8, 4) is 28.3 Å². The van der Waals surface area contributed by atoms with Crippen LogP contribution in [-0.2, 0) is 11.2 Å². The molecule has 0 fully saturated rings. The molecule has 1 atom stereocenters. The van der Waals surface area contributed by atoms with Gasteiger partial charge in [0.25, 0.3) is 0 Å². The number of aryl methyl sites for hydroxylation is 1. The van der Waals surface area contributed by atoms with E-state index in [1.165, 1.54) is 56.9 Å². The van der Waals surface area contributed by atoms with Gasteiger partial charge in [0, 0.05) is 29.9 Å². The van der Waals surface area contributed by atoms with Gasteiger partial charge in [-0.3, -0.25) is 4.79 Å². The third-order valence-corrected chi connectivity index (χ3v) is 6.96. The molecule has 198 valence electrons. The average molecular weight is 501 g/mol. The maximum absolute atomic E-state index is 12.2. The van der Waals surface area contributed by atoms with Gasteiger partial charge in [0.2, 0.25) is 0 Å². The Morgan fingerprint density at radius 1 is 0.730 bits per heavy atom. The van der Waals surface area contributed by atoms with Crippen LogP contribution in [0.2, 0.25) is 0 Å². The Balaban J connectivity index is 1.44. The number of carbonyl (C=O) groups excluding carboxylic acids is 1. The minimum absolute atomic E-state index is 0.158. The van der Waals surface area contributed by atoms with E-state index in [0.717, 1.165) is 47.7 Å². The Bertz CT molecular complexity index is 1040. The van der Waals surface area contributed by atoms with Crippen LogP contribution in [0, 0.1) is 5.92 Å². The number of ether oxygens (including phenoxy) is 1. The summed E-state index contributed by atoms with van der Waals surface area (Å²) in [6, 6.07) is 16.2. The highest BCUT2D eigenvalue weighted by molar-refractivity contribution is 5.73. The molecule has 0 saturated carbocycles. The summed E-state index contributed by atoms with van der Waals surface area (Å²) in [5.74, 6) is 1.94. The molecule has 0 amide bonds. The van der Waals surface area contributed by atoms with E-state index in [2.05, 4.69) is 55.0 Å². The first-order valence-electron chi connectivity index (χ1n) is 14.3. The predicted molar refractivity (Wildman–Crippen MR) is 154 cm³/mol. The summed E-state index contributed by atoms with van der Waals surface area (Å²) in [5, 5.41) is 0. The number of unbranched alkanes of at least 4 members (excludes halogenated alkanes) is 5. The molecule has 37 heavy (non-hydrogen) atoms. The quantitative estimate of drug-likeness (QED) is 0.112. The van der Waals surface area contributed by atoms with Crippen molar-refractivity contribution in [3.05, 3.63) is 66.5 Å². The molecule has 0 bridgehead atoms. The minimum Gasteiger partial charge on any atom is -0.427 e. The van der Waals surface area contributed by atoms with Gasteiger partial charge < -0.3 is 4.74 Å². The summed E-state index contributed by atoms with van der Waals surface area (Å²) in [6.45, 7) is 6.79. The topological polar surface area (TPSA) is 52.1 Å². The Hall–Kier alpha value is -3.01. The number of nitrogens with zero attached hydrogens (tertiary/aromatic N) is 2. The largest absolute Gasteiger partial charge is 0.427 e. The number of aromatic nitrogens is 2. The zero-order chi connectivity index (χ0) is 26.3. The van der Waals surface area contributed by atoms with Gasteiger partial charge in [-0.25, -0.2) is 9.97 Å². The van der Waals surface area contributed by atoms with E-state index < -0.39 is 0 Å². The van der Waals surface area contributed by atoms with Crippen molar-refractivity contribution >= 4 is 5.97 Å². The maximum Gasteiger partial charge on any atom is 0.311 e. The van der Waals surface area contributed by atoms with Crippen molar-refractivity contribution in [1.29, 1.82) is 0 Å². The number of carbonyl (C=O) groups is 1. The second-order valence-electron chi connectivity index (χ2n) is 10.3. The third-order valence-electron chi connectivity index (χ3n) is 6.96. The lowest BCUT2D eigenvalue weighted by Gasteiger charge is -2.09. The zero-order valence-electron chi connectivity index (χ0n) is 23.0. The maximum atomic E-state index is 12.2. The van der Waals surface area contributed by atoms with Crippen LogP contribution in [0.1, 0.15) is 97.0 Å². The smallest absolute Gasteiger partial charge is 0.311 e. The second-order valence-corrected chi connectivity index (χ2v) is 10.3. The molecule has 0 aliphatic rings. The normalized spacial score (nSPS) is 11.9. The van der Waals surface area contributed by atoms with Crippen LogP contribution in [0.5, 0.6) is 5.75 Å². The molecule has 0 aliphatic carbocycles. The van der Waals surface area contributed by atoms with Crippen LogP contribution in [-0.4, -0.2) is 15.9 Å². The predicted octanol–water partition coefficient (Wildman–Crippen LogP) is 9.23. The number of benzene rings is 2. The van der Waals surface area contributed by atoms with Gasteiger partial charge in [0.05, 0.1) is 0 Å².